The molecule has 4 rings (SSSR count). The van der Waals surface area contributed by atoms with Gasteiger partial charge in [0.05, 0.1) is 31.1 Å². The van der Waals surface area contributed by atoms with Gasteiger partial charge in [-0.1, -0.05) is 42.1 Å². The first-order chi connectivity index (χ1) is 17.0. The van der Waals surface area contributed by atoms with Crippen molar-refractivity contribution in [3.8, 4) is 22.8 Å². The number of rotatable bonds is 10. The zero-order chi connectivity index (χ0) is 24.9. The summed E-state index contributed by atoms with van der Waals surface area (Å²) in [5.41, 5.74) is 4.48. The van der Waals surface area contributed by atoms with Crippen LogP contribution in [0, 0.1) is 13.8 Å². The predicted molar refractivity (Wildman–Crippen MR) is 139 cm³/mol. The lowest BCUT2D eigenvalue weighted by atomic mass is 10.2. The summed E-state index contributed by atoms with van der Waals surface area (Å²) in [6, 6.07) is 19.7. The molecule has 182 valence electrons. The standard InChI is InChI=1S/C27H30N4O3S/c1-18-15-23(20(3)30(18)19(2)16-33-4)24(32)17-35-27-29-28-26(22-13-9-10-14-25(22)34-5)31(27)21-11-7-6-8-12-21/h6-15,19H,16-17H2,1-5H3/t19-/m1/s1. The molecule has 0 aliphatic carbocycles. The molecule has 0 unspecified atom stereocenters. The molecular weight excluding hydrogens is 460 g/mol. The number of aromatic nitrogens is 4. The third kappa shape index (κ3) is 5.04. The third-order valence-corrected chi connectivity index (χ3v) is 6.89. The SMILES string of the molecule is COC[C@@H](C)n1c(C)cc(C(=O)CSc2nnc(-c3ccccc3OC)n2-c2ccccc2)c1C. The van der Waals surface area contributed by atoms with Crippen LogP contribution in [-0.2, 0) is 4.74 Å². The number of para-hydroxylation sites is 2. The summed E-state index contributed by atoms with van der Waals surface area (Å²) in [7, 11) is 3.33. The number of hydrogen-bond acceptors (Lipinski definition) is 6. The highest BCUT2D eigenvalue weighted by molar-refractivity contribution is 7.99. The number of aryl methyl sites for hydroxylation is 1. The molecule has 0 amide bonds. The number of carbonyl (C=O) groups is 1. The fourth-order valence-electron chi connectivity index (χ4n) is 4.44. The van der Waals surface area contributed by atoms with E-state index >= 15 is 0 Å². The largest absolute Gasteiger partial charge is 0.496 e. The van der Waals surface area contributed by atoms with Crippen LogP contribution in [0.3, 0.4) is 0 Å². The predicted octanol–water partition coefficient (Wildman–Crippen LogP) is 5.54. The molecule has 2 aromatic heterocycles. The second kappa shape index (κ2) is 10.9. The van der Waals surface area contributed by atoms with Gasteiger partial charge in [0.1, 0.15) is 5.75 Å². The lowest BCUT2D eigenvalue weighted by Crippen LogP contribution is -2.14. The van der Waals surface area contributed by atoms with Crippen LogP contribution >= 0.6 is 11.8 Å². The minimum Gasteiger partial charge on any atom is -0.496 e. The number of hydrogen-bond donors (Lipinski definition) is 0. The minimum absolute atomic E-state index is 0.0559. The summed E-state index contributed by atoms with van der Waals surface area (Å²) < 4.78 is 15.0. The summed E-state index contributed by atoms with van der Waals surface area (Å²) in [6.07, 6.45) is 0. The Hall–Kier alpha value is -3.36. The van der Waals surface area contributed by atoms with Crippen LogP contribution in [0.25, 0.3) is 17.1 Å². The number of thioether (sulfide) groups is 1. The van der Waals surface area contributed by atoms with Crippen molar-refractivity contribution in [3.63, 3.8) is 0 Å². The van der Waals surface area contributed by atoms with Crippen molar-refractivity contribution in [2.75, 3.05) is 26.6 Å². The minimum atomic E-state index is 0.0559. The molecule has 0 N–H and O–H groups in total. The van der Waals surface area contributed by atoms with Gasteiger partial charge in [0.2, 0.25) is 0 Å². The fourth-order valence-corrected chi connectivity index (χ4v) is 5.27. The van der Waals surface area contributed by atoms with E-state index in [9.17, 15) is 4.79 Å². The molecule has 0 aliphatic heterocycles. The van der Waals surface area contributed by atoms with Gasteiger partial charge in [-0.15, -0.1) is 10.2 Å². The van der Waals surface area contributed by atoms with Gasteiger partial charge in [-0.3, -0.25) is 9.36 Å². The first-order valence-corrected chi connectivity index (χ1v) is 12.4. The van der Waals surface area contributed by atoms with E-state index in [0.717, 1.165) is 28.2 Å². The van der Waals surface area contributed by atoms with E-state index in [1.54, 1.807) is 14.2 Å². The monoisotopic (exact) mass is 490 g/mol. The molecule has 0 saturated carbocycles. The molecule has 0 radical (unpaired) electrons. The highest BCUT2D eigenvalue weighted by atomic mass is 32.2. The number of Topliss-reactive ketones (excluding diaryl/α,β-unsaturated/α-hetero) is 1. The molecule has 0 aliphatic rings. The number of ketones is 1. The first kappa shape index (κ1) is 24.8. The van der Waals surface area contributed by atoms with Crippen molar-refractivity contribution in [3.05, 3.63) is 77.6 Å². The average molecular weight is 491 g/mol. The zero-order valence-electron chi connectivity index (χ0n) is 20.7. The molecular formula is C27H30N4O3S. The number of carbonyl (C=O) groups excluding carboxylic acids is 1. The van der Waals surface area contributed by atoms with Crippen molar-refractivity contribution in [1.29, 1.82) is 0 Å². The normalized spacial score (nSPS) is 12.0. The molecule has 2 aromatic carbocycles. The van der Waals surface area contributed by atoms with Gasteiger partial charge in [-0.2, -0.15) is 0 Å². The van der Waals surface area contributed by atoms with Gasteiger partial charge >= 0.3 is 0 Å². The van der Waals surface area contributed by atoms with Crippen LogP contribution in [0.15, 0.2) is 65.8 Å². The lowest BCUT2D eigenvalue weighted by Gasteiger charge is -2.17. The Labute approximate surface area is 210 Å². The Morgan fingerprint density at radius 3 is 2.46 bits per heavy atom. The molecule has 35 heavy (non-hydrogen) atoms. The van der Waals surface area contributed by atoms with E-state index in [2.05, 4.69) is 21.7 Å². The van der Waals surface area contributed by atoms with E-state index < -0.39 is 0 Å². The van der Waals surface area contributed by atoms with Crippen molar-refractivity contribution in [1.82, 2.24) is 19.3 Å². The van der Waals surface area contributed by atoms with Gasteiger partial charge in [0, 0.05) is 29.7 Å². The maximum Gasteiger partial charge on any atom is 0.196 e. The summed E-state index contributed by atoms with van der Waals surface area (Å²) in [5.74, 6) is 1.68. The molecule has 0 saturated heterocycles. The van der Waals surface area contributed by atoms with Crippen molar-refractivity contribution in [2.24, 2.45) is 0 Å². The van der Waals surface area contributed by atoms with E-state index in [-0.39, 0.29) is 17.6 Å². The van der Waals surface area contributed by atoms with Crippen molar-refractivity contribution < 1.29 is 14.3 Å². The van der Waals surface area contributed by atoms with E-state index in [4.69, 9.17) is 9.47 Å². The van der Waals surface area contributed by atoms with Crippen LogP contribution < -0.4 is 4.74 Å². The third-order valence-electron chi connectivity index (χ3n) is 5.96. The molecule has 7 nitrogen and oxygen atoms in total. The van der Waals surface area contributed by atoms with Crippen LogP contribution in [0.2, 0.25) is 0 Å². The van der Waals surface area contributed by atoms with Gasteiger partial charge < -0.3 is 14.0 Å². The smallest absolute Gasteiger partial charge is 0.196 e. The quantitative estimate of drug-likeness (QED) is 0.215. The van der Waals surface area contributed by atoms with Gasteiger partial charge in [0.25, 0.3) is 0 Å². The van der Waals surface area contributed by atoms with Crippen molar-refractivity contribution >= 4 is 17.5 Å². The molecule has 0 spiro atoms. The number of ether oxygens (including phenoxy) is 2. The number of nitrogens with zero attached hydrogens (tertiary/aromatic N) is 4. The molecule has 1 atom stereocenters. The number of methoxy groups -OCH3 is 2. The van der Waals surface area contributed by atoms with Gasteiger partial charge in [0.15, 0.2) is 16.8 Å². The second-order valence-electron chi connectivity index (χ2n) is 8.35. The summed E-state index contributed by atoms with van der Waals surface area (Å²) in [5, 5.41) is 9.58. The summed E-state index contributed by atoms with van der Waals surface area (Å²) in [4.78, 5) is 13.3. The second-order valence-corrected chi connectivity index (χ2v) is 9.29. The van der Waals surface area contributed by atoms with E-state index in [0.29, 0.717) is 23.3 Å². The maximum atomic E-state index is 13.3. The Morgan fingerprint density at radius 2 is 1.74 bits per heavy atom. The lowest BCUT2D eigenvalue weighted by molar-refractivity contribution is 0.102. The topological polar surface area (TPSA) is 71.2 Å². The Bertz CT molecular complexity index is 1310. The van der Waals surface area contributed by atoms with Crippen molar-refractivity contribution in [2.45, 2.75) is 32.0 Å². The molecule has 4 aromatic rings. The van der Waals surface area contributed by atoms with Gasteiger partial charge in [-0.25, -0.2) is 0 Å². The van der Waals surface area contributed by atoms with Crippen LogP contribution in [0.1, 0.15) is 34.7 Å². The van der Waals surface area contributed by atoms with Crippen LogP contribution in [-0.4, -0.2) is 51.7 Å². The highest BCUT2D eigenvalue weighted by Crippen LogP contribution is 2.33. The first-order valence-electron chi connectivity index (χ1n) is 11.4. The van der Waals surface area contributed by atoms with E-state index in [1.807, 2.05) is 79.1 Å². The fraction of sp³-hybridized carbons (Fsp3) is 0.296. The number of benzene rings is 2. The zero-order valence-corrected chi connectivity index (χ0v) is 21.5. The Kier molecular flexibility index (Phi) is 7.73. The van der Waals surface area contributed by atoms with E-state index in [1.165, 1.54) is 11.8 Å². The highest BCUT2D eigenvalue weighted by Gasteiger charge is 2.22. The van der Waals surface area contributed by atoms with Crippen LogP contribution in [0.4, 0.5) is 0 Å². The summed E-state index contributed by atoms with van der Waals surface area (Å²) in [6.45, 7) is 6.69. The average Bonchev–Trinajstić information content (AvgIpc) is 3.43. The molecule has 0 bridgehead atoms. The molecule has 2 heterocycles. The molecule has 0 fully saturated rings. The maximum absolute atomic E-state index is 13.3. The Balaban J connectivity index is 1.65. The van der Waals surface area contributed by atoms with Crippen LogP contribution in [0.5, 0.6) is 5.75 Å². The summed E-state index contributed by atoms with van der Waals surface area (Å²) >= 11 is 1.38. The molecule has 8 heteroatoms. The Morgan fingerprint density at radius 1 is 1.03 bits per heavy atom. The van der Waals surface area contributed by atoms with Gasteiger partial charge in [-0.05, 0) is 51.1 Å².